The van der Waals surface area contributed by atoms with Crippen LogP contribution in [0.3, 0.4) is 0 Å². The summed E-state index contributed by atoms with van der Waals surface area (Å²) in [5.41, 5.74) is 3.80. The van der Waals surface area contributed by atoms with Crippen LogP contribution < -0.4 is 0 Å². The van der Waals surface area contributed by atoms with Crippen LogP contribution in [0.2, 0.25) is 0 Å². The quantitative estimate of drug-likeness (QED) is 0.118. The Labute approximate surface area is 354 Å². The Balaban J connectivity index is 0.889. The van der Waals surface area contributed by atoms with Gasteiger partial charge in [0.2, 0.25) is 0 Å². The van der Waals surface area contributed by atoms with Crippen LogP contribution in [0.25, 0.3) is 0 Å². The third-order valence-corrected chi connectivity index (χ3v) is 20.3. The molecular weight excluding hydrogens is 717 g/mol. The van der Waals surface area contributed by atoms with Crippen LogP contribution in [0, 0.1) is 80.8 Å². The Hall–Kier alpha value is -1.72. The normalized spacial score (nSPS) is 48.3. The number of hydrogen-bond donors (Lipinski definition) is 0. The second-order valence-corrected chi connectivity index (χ2v) is 23.2. The number of carbonyl (C=O) groups is 2. The van der Waals surface area contributed by atoms with Gasteiger partial charge in [-0.3, -0.25) is 9.59 Å². The first-order valence-corrected chi connectivity index (χ1v) is 25.3. The smallest absolute Gasteiger partial charge is 0.306 e. The average Bonchev–Trinajstić information content (AvgIpc) is 3.69. The molecule has 0 bridgehead atoms. The lowest BCUT2D eigenvalue weighted by Crippen LogP contribution is -2.55. The summed E-state index contributed by atoms with van der Waals surface area (Å²) < 4.78 is 12.6. The maximum absolute atomic E-state index is 12.8. The summed E-state index contributed by atoms with van der Waals surface area (Å²) in [6, 6.07) is 0. The van der Waals surface area contributed by atoms with Crippen molar-refractivity contribution in [3.8, 4) is 0 Å². The van der Waals surface area contributed by atoms with E-state index in [1.165, 1.54) is 88.5 Å². The van der Waals surface area contributed by atoms with Gasteiger partial charge in [-0.2, -0.15) is 10.2 Å². The number of rotatable bonds is 11. The molecule has 8 aliphatic rings. The highest BCUT2D eigenvalue weighted by Gasteiger charge is 2.63. The van der Waals surface area contributed by atoms with Gasteiger partial charge in [-0.25, -0.2) is 0 Å². The molecule has 58 heavy (non-hydrogen) atoms. The van der Waals surface area contributed by atoms with E-state index in [0.717, 1.165) is 87.9 Å². The molecule has 16 atom stereocenters. The van der Waals surface area contributed by atoms with Crippen molar-refractivity contribution >= 4 is 23.4 Å². The monoisotopic (exact) mass is 801 g/mol. The van der Waals surface area contributed by atoms with Gasteiger partial charge in [0.25, 0.3) is 0 Å². The molecule has 326 valence electrons. The minimum absolute atomic E-state index is 0.0485. The fourth-order valence-corrected chi connectivity index (χ4v) is 17.0. The molecule has 8 rings (SSSR count). The lowest BCUT2D eigenvalue weighted by atomic mass is 9.44. The van der Waals surface area contributed by atoms with Gasteiger partial charge < -0.3 is 9.47 Å². The van der Waals surface area contributed by atoms with E-state index in [9.17, 15) is 9.59 Å². The van der Waals surface area contributed by atoms with E-state index in [2.05, 4.69) is 55.4 Å². The number of esters is 2. The second-order valence-electron chi connectivity index (χ2n) is 23.2. The topological polar surface area (TPSA) is 77.3 Å². The summed E-state index contributed by atoms with van der Waals surface area (Å²) >= 11 is 0. The molecule has 6 heteroatoms. The van der Waals surface area contributed by atoms with E-state index in [1.807, 2.05) is 0 Å². The van der Waals surface area contributed by atoms with E-state index in [0.29, 0.717) is 59.2 Å². The molecule has 8 fully saturated rings. The van der Waals surface area contributed by atoms with Gasteiger partial charge in [-0.05, 0) is 186 Å². The zero-order valence-electron chi connectivity index (χ0n) is 38.4. The molecule has 0 spiro atoms. The molecule has 6 nitrogen and oxygen atoms in total. The molecule has 0 aromatic carbocycles. The maximum Gasteiger partial charge on any atom is 0.306 e. The van der Waals surface area contributed by atoms with E-state index >= 15 is 0 Å². The zero-order chi connectivity index (χ0) is 41.0. The highest BCUT2D eigenvalue weighted by Crippen LogP contribution is 2.68. The minimum atomic E-state index is 0.0485. The Morgan fingerprint density at radius 2 is 0.931 bits per heavy atom. The van der Waals surface area contributed by atoms with E-state index in [-0.39, 0.29) is 35.0 Å². The summed E-state index contributed by atoms with van der Waals surface area (Å²) in [4.78, 5) is 25.7. The summed E-state index contributed by atoms with van der Waals surface area (Å²) in [5.74, 6) is 6.98. The molecule has 0 N–H and O–H groups in total. The van der Waals surface area contributed by atoms with Crippen LogP contribution in [0.5, 0.6) is 0 Å². The number of carbonyl (C=O) groups excluding carboxylic acids is 2. The van der Waals surface area contributed by atoms with Crippen LogP contribution >= 0.6 is 0 Å². The van der Waals surface area contributed by atoms with Gasteiger partial charge in [0.05, 0.1) is 0 Å². The Morgan fingerprint density at radius 3 is 1.33 bits per heavy atom. The average molecular weight is 801 g/mol. The lowest BCUT2D eigenvalue weighted by molar-refractivity contribution is -0.163. The fourth-order valence-electron chi connectivity index (χ4n) is 17.0. The molecule has 0 aromatic rings. The van der Waals surface area contributed by atoms with E-state index in [1.54, 1.807) is 0 Å². The fraction of sp³-hybridized carbons (Fsp3) is 0.923. The molecule has 2 unspecified atom stereocenters. The van der Waals surface area contributed by atoms with Crippen LogP contribution in [0.1, 0.15) is 209 Å². The SMILES string of the molecule is CCCCCC(=O)O[C@H]1CC[C@H]2C3CC[C@H]4C/C(=N/N=C5\C[C@H]6CCC7[C@@H](CC[C@]8(C)[C@@H]7CC[C@H]8OC(=O)CCCCC)[C@]6(C)C[C@@H]5C)[C@H](C)C[C@]4(C)[C@H]3CC[C@]12C. The van der Waals surface area contributed by atoms with Crippen molar-refractivity contribution in [2.45, 2.75) is 222 Å². The Morgan fingerprint density at radius 1 is 0.534 bits per heavy atom. The Bertz CT molecular complexity index is 1460. The number of unbranched alkanes of at least 4 members (excludes halogenated alkanes) is 4. The second kappa shape index (κ2) is 16.9. The van der Waals surface area contributed by atoms with Crippen molar-refractivity contribution in [3.05, 3.63) is 0 Å². The zero-order valence-corrected chi connectivity index (χ0v) is 38.4. The van der Waals surface area contributed by atoms with E-state index < -0.39 is 0 Å². The highest BCUT2D eigenvalue weighted by molar-refractivity contribution is 5.91. The summed E-state index contributed by atoms with van der Waals surface area (Å²) in [6.07, 6.45) is 27.5. The number of hydrogen-bond acceptors (Lipinski definition) is 6. The largest absolute Gasteiger partial charge is 0.462 e. The van der Waals surface area contributed by atoms with Gasteiger partial charge in [0.1, 0.15) is 12.2 Å². The van der Waals surface area contributed by atoms with Crippen LogP contribution in [-0.4, -0.2) is 35.6 Å². The molecule has 0 saturated heterocycles. The van der Waals surface area contributed by atoms with Gasteiger partial charge in [-0.15, -0.1) is 0 Å². The van der Waals surface area contributed by atoms with Crippen LogP contribution in [0.4, 0.5) is 0 Å². The van der Waals surface area contributed by atoms with Gasteiger partial charge in [0.15, 0.2) is 0 Å². The van der Waals surface area contributed by atoms with Crippen molar-refractivity contribution in [1.29, 1.82) is 0 Å². The summed E-state index contributed by atoms with van der Waals surface area (Å²) in [5, 5.41) is 10.5. The highest BCUT2D eigenvalue weighted by atomic mass is 16.5. The molecule has 0 aliphatic heterocycles. The molecule has 0 radical (unpaired) electrons. The molecule has 0 aromatic heterocycles. The van der Waals surface area contributed by atoms with Crippen LogP contribution in [0.15, 0.2) is 10.2 Å². The van der Waals surface area contributed by atoms with Gasteiger partial charge in [-0.1, -0.05) is 81.1 Å². The first-order chi connectivity index (χ1) is 27.7. The summed E-state index contributed by atoms with van der Waals surface area (Å²) in [7, 11) is 0. The van der Waals surface area contributed by atoms with Gasteiger partial charge >= 0.3 is 11.9 Å². The first kappa shape index (κ1) is 42.9. The van der Waals surface area contributed by atoms with E-state index in [4.69, 9.17) is 19.7 Å². The number of fused-ring (bicyclic) bond motifs is 10. The summed E-state index contributed by atoms with van der Waals surface area (Å²) in [6.45, 7) is 19.6. The molecule has 8 aliphatic carbocycles. The molecule has 0 amide bonds. The number of nitrogens with zero attached hydrogens (tertiary/aromatic N) is 2. The standard InChI is InChI=1S/C52H84N2O4/c1-9-11-13-15-47(55)57-45-23-21-39-37-19-17-35-29-43(33(3)31-51(35,7)41(37)25-27-49(39,45)5)53-54-44-30-36-18-20-38-40-22-24-46(58-48(56)16-14-12-10-2)50(40,6)28-26-42(38)52(36,8)32-34(44)4/h33-42,45-46H,9-32H2,1-8H3/b53-43-,54-44+/t33-,34+,35+,36-,37?,38?,39+,40-,41+,42-,45+,46-,49+,50-,51+,52-/m1/s1. The van der Waals surface area contributed by atoms with Gasteiger partial charge in [0, 0.05) is 35.1 Å². The number of ether oxygens (including phenoxy) is 2. The maximum atomic E-state index is 12.8. The molecular formula is C52H84N2O4. The Kier molecular flexibility index (Phi) is 12.5. The van der Waals surface area contributed by atoms with Crippen molar-refractivity contribution < 1.29 is 19.1 Å². The molecule has 8 saturated carbocycles. The third-order valence-electron chi connectivity index (χ3n) is 20.3. The van der Waals surface area contributed by atoms with Crippen LogP contribution in [-0.2, 0) is 19.1 Å². The first-order valence-electron chi connectivity index (χ1n) is 25.3. The van der Waals surface area contributed by atoms with Crippen molar-refractivity contribution in [1.82, 2.24) is 0 Å². The third kappa shape index (κ3) is 7.51. The van der Waals surface area contributed by atoms with Crippen molar-refractivity contribution in [3.63, 3.8) is 0 Å². The van der Waals surface area contributed by atoms with Crippen molar-refractivity contribution in [2.75, 3.05) is 0 Å². The minimum Gasteiger partial charge on any atom is -0.462 e. The van der Waals surface area contributed by atoms with Crippen molar-refractivity contribution in [2.24, 2.45) is 91.0 Å². The predicted molar refractivity (Wildman–Crippen MR) is 235 cm³/mol. The lowest BCUT2D eigenvalue weighted by Gasteiger charge is -2.61. The predicted octanol–water partition coefficient (Wildman–Crippen LogP) is 13.3. The molecule has 0 heterocycles.